The second-order valence-electron chi connectivity index (χ2n) is 1.91. The summed E-state index contributed by atoms with van der Waals surface area (Å²) in [4.78, 5) is 2.74. The Balaban J connectivity index is 2.44. The Morgan fingerprint density at radius 2 is 2.22 bits per heavy atom. The lowest BCUT2D eigenvalue weighted by atomic mass is 10.3. The first-order valence-corrected chi connectivity index (χ1v) is 3.58. The smallest absolute Gasteiger partial charge is 0.120 e. The summed E-state index contributed by atoms with van der Waals surface area (Å²) in [5, 5.41) is 0. The van der Waals surface area contributed by atoms with Gasteiger partial charge in [0.1, 0.15) is 5.75 Å². The highest BCUT2D eigenvalue weighted by Crippen LogP contribution is 2.49. The van der Waals surface area contributed by atoms with Crippen LogP contribution in [-0.4, -0.2) is 7.11 Å². The van der Waals surface area contributed by atoms with Crippen molar-refractivity contribution in [1.29, 1.82) is 0 Å². The van der Waals surface area contributed by atoms with E-state index < -0.39 is 0 Å². The van der Waals surface area contributed by atoms with Crippen molar-refractivity contribution in [2.75, 3.05) is 7.11 Å². The summed E-state index contributed by atoms with van der Waals surface area (Å²) in [6, 6.07) is 6.12. The first-order chi connectivity index (χ1) is 4.40. The van der Waals surface area contributed by atoms with E-state index in [9.17, 15) is 0 Å². The van der Waals surface area contributed by atoms with E-state index in [1.807, 2.05) is 17.8 Å². The highest BCUT2D eigenvalue weighted by Gasteiger charge is 2.17. The molecule has 1 aromatic carbocycles. The molecule has 1 aliphatic heterocycles. The minimum atomic E-state index is 0.957. The molecular weight excluding hydrogens is 132 g/mol. The second kappa shape index (κ2) is 1.67. The maximum Gasteiger partial charge on any atom is 0.120 e. The fourth-order valence-corrected chi connectivity index (χ4v) is 1.40. The average Bonchev–Trinajstić information content (AvgIpc) is 2.64. The summed E-state index contributed by atoms with van der Waals surface area (Å²) >= 11 is 1.81. The van der Waals surface area contributed by atoms with Gasteiger partial charge in [0.25, 0.3) is 0 Å². The molecule has 2 heteroatoms. The van der Waals surface area contributed by atoms with Crippen molar-refractivity contribution in [1.82, 2.24) is 0 Å². The number of hydrogen-bond donors (Lipinski definition) is 0. The van der Waals surface area contributed by atoms with Gasteiger partial charge in [-0.15, -0.1) is 0 Å². The summed E-state index contributed by atoms with van der Waals surface area (Å²) < 4.78 is 5.01. The van der Waals surface area contributed by atoms with Crippen molar-refractivity contribution in [2.24, 2.45) is 0 Å². The molecule has 1 nitrogen and oxygen atoms in total. The van der Waals surface area contributed by atoms with E-state index in [2.05, 4.69) is 12.1 Å². The zero-order valence-corrected chi connectivity index (χ0v) is 5.87. The van der Waals surface area contributed by atoms with E-state index in [4.69, 9.17) is 4.74 Å². The molecule has 1 aliphatic rings. The van der Waals surface area contributed by atoms with Crippen LogP contribution in [0.15, 0.2) is 28.0 Å². The molecule has 0 spiro atoms. The summed E-state index contributed by atoms with van der Waals surface area (Å²) in [5.41, 5.74) is 0. The molecule has 0 radical (unpaired) electrons. The van der Waals surface area contributed by atoms with E-state index in [1.165, 1.54) is 9.79 Å². The molecule has 46 valence electrons. The molecule has 1 aromatic rings. The molecule has 1 heterocycles. The van der Waals surface area contributed by atoms with Gasteiger partial charge in [0.05, 0.1) is 7.11 Å². The van der Waals surface area contributed by atoms with Gasteiger partial charge in [-0.2, -0.15) is 0 Å². The number of rotatable bonds is 1. The maximum atomic E-state index is 5.01. The van der Waals surface area contributed by atoms with E-state index >= 15 is 0 Å². The molecule has 0 fully saturated rings. The van der Waals surface area contributed by atoms with Crippen LogP contribution in [0.4, 0.5) is 0 Å². The van der Waals surface area contributed by atoms with Gasteiger partial charge in [-0.25, -0.2) is 0 Å². The second-order valence-corrected chi connectivity index (χ2v) is 3.00. The summed E-state index contributed by atoms with van der Waals surface area (Å²) in [6.45, 7) is 0. The van der Waals surface area contributed by atoms with Crippen molar-refractivity contribution in [3.05, 3.63) is 18.2 Å². The van der Waals surface area contributed by atoms with Gasteiger partial charge in [0, 0.05) is 9.79 Å². The Labute approximate surface area is 58.0 Å². The monoisotopic (exact) mass is 138 g/mol. The topological polar surface area (TPSA) is 9.23 Å². The Morgan fingerprint density at radius 3 is 2.89 bits per heavy atom. The zero-order chi connectivity index (χ0) is 6.27. The summed E-state index contributed by atoms with van der Waals surface area (Å²) in [5.74, 6) is 0.957. The van der Waals surface area contributed by atoms with Gasteiger partial charge in [-0.05, 0) is 18.2 Å². The Hall–Kier alpha value is -0.630. The van der Waals surface area contributed by atoms with E-state index in [0.29, 0.717) is 0 Å². The summed E-state index contributed by atoms with van der Waals surface area (Å²) in [7, 11) is 1.69. The van der Waals surface area contributed by atoms with Crippen LogP contribution in [0.2, 0.25) is 0 Å². The van der Waals surface area contributed by atoms with Crippen LogP contribution in [0.3, 0.4) is 0 Å². The van der Waals surface area contributed by atoms with Crippen LogP contribution >= 0.6 is 11.8 Å². The normalized spacial score (nSPS) is 12.6. The molecule has 0 N–H and O–H groups in total. The third-order valence-corrected chi connectivity index (χ3v) is 2.26. The quantitative estimate of drug-likeness (QED) is 0.558. The first kappa shape index (κ1) is 5.18. The minimum absolute atomic E-state index is 0.957. The van der Waals surface area contributed by atoms with Crippen LogP contribution in [0.5, 0.6) is 5.75 Å². The van der Waals surface area contributed by atoms with Crippen LogP contribution in [-0.2, 0) is 0 Å². The lowest BCUT2D eigenvalue weighted by Gasteiger charge is -1.93. The molecule has 0 saturated heterocycles. The highest BCUT2D eigenvalue weighted by molar-refractivity contribution is 8.05. The minimum Gasteiger partial charge on any atom is -0.497 e. The Morgan fingerprint density at radius 1 is 1.33 bits per heavy atom. The van der Waals surface area contributed by atoms with E-state index in [0.717, 1.165) is 5.75 Å². The molecule has 0 atom stereocenters. The SMILES string of the molecule is COc1ccc2c(c1)S2. The maximum absolute atomic E-state index is 5.01. The van der Waals surface area contributed by atoms with Gasteiger partial charge < -0.3 is 4.74 Å². The third kappa shape index (κ3) is 0.793. The standard InChI is InChI=1S/C7H6OS/c1-8-5-2-3-6-7(4-5)9-6/h2-4H,1H3. The van der Waals surface area contributed by atoms with Crippen molar-refractivity contribution in [3.8, 4) is 5.75 Å². The zero-order valence-electron chi connectivity index (χ0n) is 5.05. The Bertz CT molecular complexity index is 245. The number of fused-ring (bicyclic) bond motifs is 1. The molecule has 0 amide bonds. The predicted octanol–water partition coefficient (Wildman–Crippen LogP) is 2.16. The molecule has 0 aromatic heterocycles. The largest absolute Gasteiger partial charge is 0.497 e. The lowest BCUT2D eigenvalue weighted by molar-refractivity contribution is 0.413. The van der Waals surface area contributed by atoms with Crippen molar-refractivity contribution in [2.45, 2.75) is 9.79 Å². The fraction of sp³-hybridized carbons (Fsp3) is 0.143. The lowest BCUT2D eigenvalue weighted by Crippen LogP contribution is -1.78. The molecule has 9 heavy (non-hydrogen) atoms. The predicted molar refractivity (Wildman–Crippen MR) is 37.1 cm³/mol. The van der Waals surface area contributed by atoms with Crippen molar-refractivity contribution < 1.29 is 4.74 Å². The molecule has 0 unspecified atom stereocenters. The van der Waals surface area contributed by atoms with Crippen LogP contribution in [0.1, 0.15) is 0 Å². The number of benzene rings is 1. The van der Waals surface area contributed by atoms with Crippen molar-refractivity contribution >= 4 is 11.8 Å². The number of hydrogen-bond acceptors (Lipinski definition) is 2. The van der Waals surface area contributed by atoms with Gasteiger partial charge in [-0.1, -0.05) is 11.8 Å². The van der Waals surface area contributed by atoms with Gasteiger partial charge in [0.2, 0.25) is 0 Å². The average molecular weight is 138 g/mol. The van der Waals surface area contributed by atoms with E-state index in [1.54, 1.807) is 7.11 Å². The highest BCUT2D eigenvalue weighted by atomic mass is 32.2. The first-order valence-electron chi connectivity index (χ1n) is 2.76. The number of ether oxygens (including phenoxy) is 1. The molecule has 0 bridgehead atoms. The number of methoxy groups -OCH3 is 1. The Kier molecular flexibility index (Phi) is 0.963. The molecule has 0 saturated carbocycles. The van der Waals surface area contributed by atoms with Crippen molar-refractivity contribution in [3.63, 3.8) is 0 Å². The molecular formula is C7H6OS. The van der Waals surface area contributed by atoms with Crippen LogP contribution < -0.4 is 4.74 Å². The third-order valence-electron chi connectivity index (χ3n) is 1.33. The van der Waals surface area contributed by atoms with Crippen LogP contribution in [0, 0.1) is 0 Å². The molecule has 0 aliphatic carbocycles. The van der Waals surface area contributed by atoms with Crippen LogP contribution in [0.25, 0.3) is 0 Å². The van der Waals surface area contributed by atoms with Gasteiger partial charge in [0.15, 0.2) is 0 Å². The van der Waals surface area contributed by atoms with Gasteiger partial charge in [-0.3, -0.25) is 0 Å². The summed E-state index contributed by atoms with van der Waals surface area (Å²) in [6.07, 6.45) is 0. The fourth-order valence-electron chi connectivity index (χ4n) is 0.772. The van der Waals surface area contributed by atoms with Gasteiger partial charge >= 0.3 is 0 Å². The molecule has 2 rings (SSSR count). The van der Waals surface area contributed by atoms with E-state index in [-0.39, 0.29) is 0 Å².